The minimum Gasteiger partial charge on any atom is -0.493 e. The Morgan fingerprint density at radius 1 is 0.909 bits per heavy atom. The van der Waals surface area contributed by atoms with Crippen molar-refractivity contribution >= 4 is 45.1 Å². The van der Waals surface area contributed by atoms with Gasteiger partial charge in [0, 0.05) is 11.1 Å². The summed E-state index contributed by atoms with van der Waals surface area (Å²) in [6.45, 7) is 4.65. The number of carbonyl (C=O) groups excluding carboxylic acids is 2. The molecule has 2 rings (SSSR count). The first-order chi connectivity index (χ1) is 15.7. The van der Waals surface area contributed by atoms with Gasteiger partial charge in [0.25, 0.3) is 11.8 Å². The SMILES string of the molecule is COc1cc(C(=O)NNC(=S)NC(=O)c2ccc(OCC(C)C)c(Br)c2)cc(OC)c1OC. The number of methoxy groups -OCH3 is 3. The minimum absolute atomic E-state index is 0.0861. The molecule has 2 amide bonds. The second-order valence-electron chi connectivity index (χ2n) is 7.13. The average Bonchev–Trinajstić information content (AvgIpc) is 2.80. The summed E-state index contributed by atoms with van der Waals surface area (Å²) < 4.78 is 22.0. The lowest BCUT2D eigenvalue weighted by molar-refractivity contribution is 0.0934. The van der Waals surface area contributed by atoms with E-state index in [9.17, 15) is 9.59 Å². The van der Waals surface area contributed by atoms with Crippen LogP contribution in [0.15, 0.2) is 34.8 Å². The molecule has 2 aromatic rings. The maximum Gasteiger partial charge on any atom is 0.269 e. The van der Waals surface area contributed by atoms with E-state index in [1.54, 1.807) is 18.2 Å². The Morgan fingerprint density at radius 3 is 2.06 bits per heavy atom. The van der Waals surface area contributed by atoms with Crippen LogP contribution in [0, 0.1) is 5.92 Å². The second-order valence-corrected chi connectivity index (χ2v) is 8.39. The number of ether oxygens (including phenoxy) is 4. The third kappa shape index (κ3) is 7.22. The lowest BCUT2D eigenvalue weighted by Gasteiger charge is -2.15. The Hall–Kier alpha value is -3.05. The molecule has 0 atom stereocenters. The minimum atomic E-state index is -0.528. The van der Waals surface area contributed by atoms with Crippen LogP contribution in [0.25, 0.3) is 0 Å². The van der Waals surface area contributed by atoms with Crippen molar-refractivity contribution in [2.75, 3.05) is 27.9 Å². The van der Waals surface area contributed by atoms with Crippen molar-refractivity contribution in [1.29, 1.82) is 0 Å². The van der Waals surface area contributed by atoms with E-state index in [-0.39, 0.29) is 10.7 Å². The highest BCUT2D eigenvalue weighted by Gasteiger charge is 2.17. The lowest BCUT2D eigenvalue weighted by Crippen LogP contribution is -2.48. The van der Waals surface area contributed by atoms with Crippen LogP contribution in [0.4, 0.5) is 0 Å². The number of rotatable bonds is 8. The monoisotopic (exact) mass is 539 g/mol. The Kier molecular flexibility index (Phi) is 9.74. The molecular formula is C22H26BrN3O6S. The Bertz CT molecular complexity index is 1010. The summed E-state index contributed by atoms with van der Waals surface area (Å²) in [4.78, 5) is 25.0. The molecule has 0 bridgehead atoms. The van der Waals surface area contributed by atoms with Crippen molar-refractivity contribution in [3.8, 4) is 23.0 Å². The molecule has 178 valence electrons. The van der Waals surface area contributed by atoms with Crippen LogP contribution >= 0.6 is 28.1 Å². The molecule has 2 aromatic carbocycles. The normalized spacial score (nSPS) is 10.3. The van der Waals surface area contributed by atoms with E-state index >= 15 is 0 Å². The van der Waals surface area contributed by atoms with E-state index in [0.29, 0.717) is 45.6 Å². The van der Waals surface area contributed by atoms with Gasteiger partial charge in [-0.25, -0.2) is 0 Å². The van der Waals surface area contributed by atoms with E-state index < -0.39 is 11.8 Å². The molecule has 33 heavy (non-hydrogen) atoms. The van der Waals surface area contributed by atoms with E-state index in [1.807, 2.05) is 13.8 Å². The molecule has 0 fully saturated rings. The zero-order valence-electron chi connectivity index (χ0n) is 18.9. The third-order valence-electron chi connectivity index (χ3n) is 4.21. The first kappa shape index (κ1) is 26.2. The maximum absolute atomic E-state index is 12.5. The standard InChI is InChI=1S/C22H26BrN3O6S/c1-12(2)11-32-16-7-6-13(8-15(16)23)20(27)24-22(33)26-25-21(28)14-9-17(29-3)19(31-5)18(10-14)30-4/h6-10,12H,11H2,1-5H3,(H,25,28)(H2,24,26,27,33). The third-order valence-corrected chi connectivity index (χ3v) is 5.03. The predicted molar refractivity (Wildman–Crippen MR) is 131 cm³/mol. The summed E-state index contributed by atoms with van der Waals surface area (Å²) in [7, 11) is 4.36. The Morgan fingerprint density at radius 2 is 1.55 bits per heavy atom. The quantitative estimate of drug-likeness (QED) is 0.346. The van der Waals surface area contributed by atoms with Crippen LogP contribution in [0.1, 0.15) is 34.6 Å². The highest BCUT2D eigenvalue weighted by Crippen LogP contribution is 2.38. The van der Waals surface area contributed by atoms with Gasteiger partial charge in [-0.3, -0.25) is 25.8 Å². The summed E-state index contributed by atoms with van der Waals surface area (Å²) in [5.41, 5.74) is 5.50. The van der Waals surface area contributed by atoms with Crippen LogP contribution in [-0.2, 0) is 0 Å². The van der Waals surface area contributed by atoms with Crippen LogP contribution in [0.5, 0.6) is 23.0 Å². The maximum atomic E-state index is 12.5. The number of carbonyl (C=O) groups is 2. The van der Waals surface area contributed by atoms with Crippen LogP contribution in [0.3, 0.4) is 0 Å². The van der Waals surface area contributed by atoms with Crippen molar-refractivity contribution in [1.82, 2.24) is 16.2 Å². The zero-order valence-corrected chi connectivity index (χ0v) is 21.3. The first-order valence-corrected chi connectivity index (χ1v) is 11.0. The first-order valence-electron chi connectivity index (χ1n) is 9.84. The topological polar surface area (TPSA) is 107 Å². The lowest BCUT2D eigenvalue weighted by atomic mass is 10.1. The summed E-state index contributed by atoms with van der Waals surface area (Å²) in [5.74, 6) is 1.04. The summed E-state index contributed by atoms with van der Waals surface area (Å²) in [6.07, 6.45) is 0. The number of benzene rings is 2. The number of halogens is 1. The second kappa shape index (κ2) is 12.3. The van der Waals surface area contributed by atoms with Crippen molar-refractivity contribution < 1.29 is 28.5 Å². The van der Waals surface area contributed by atoms with E-state index in [0.717, 1.165) is 0 Å². The van der Waals surface area contributed by atoms with Crippen LogP contribution in [0.2, 0.25) is 0 Å². The van der Waals surface area contributed by atoms with Crippen LogP contribution in [-0.4, -0.2) is 44.9 Å². The van der Waals surface area contributed by atoms with Gasteiger partial charge in [-0.2, -0.15) is 0 Å². The fraction of sp³-hybridized carbons (Fsp3) is 0.318. The van der Waals surface area contributed by atoms with Crippen molar-refractivity contribution in [2.24, 2.45) is 5.92 Å². The molecule has 0 aromatic heterocycles. The number of nitrogens with one attached hydrogen (secondary N) is 3. The molecule has 11 heteroatoms. The Labute approximate surface area is 206 Å². The van der Waals surface area contributed by atoms with Gasteiger partial charge >= 0.3 is 0 Å². The molecule has 0 radical (unpaired) electrons. The molecule has 0 unspecified atom stereocenters. The largest absolute Gasteiger partial charge is 0.493 e. The summed E-state index contributed by atoms with van der Waals surface area (Å²) >= 11 is 8.50. The van der Waals surface area contributed by atoms with E-state index in [2.05, 4.69) is 32.1 Å². The van der Waals surface area contributed by atoms with Gasteiger partial charge in [-0.15, -0.1) is 0 Å². The molecular weight excluding hydrogens is 514 g/mol. The van der Waals surface area contributed by atoms with Gasteiger partial charge in [0.05, 0.1) is 32.4 Å². The molecule has 0 aliphatic rings. The highest BCUT2D eigenvalue weighted by atomic mass is 79.9. The fourth-order valence-electron chi connectivity index (χ4n) is 2.62. The molecule has 0 aliphatic heterocycles. The smallest absolute Gasteiger partial charge is 0.269 e. The molecule has 0 saturated carbocycles. The molecule has 0 aliphatic carbocycles. The van der Waals surface area contributed by atoms with Gasteiger partial charge in [-0.05, 0) is 64.4 Å². The summed E-state index contributed by atoms with van der Waals surface area (Å²) in [6, 6.07) is 7.92. The van der Waals surface area contributed by atoms with Gasteiger partial charge in [0.2, 0.25) is 5.75 Å². The molecule has 0 heterocycles. The van der Waals surface area contributed by atoms with Gasteiger partial charge in [0.15, 0.2) is 16.6 Å². The number of hydrogen-bond donors (Lipinski definition) is 3. The van der Waals surface area contributed by atoms with Crippen molar-refractivity contribution in [3.05, 3.63) is 45.9 Å². The van der Waals surface area contributed by atoms with E-state index in [1.165, 1.54) is 33.5 Å². The molecule has 3 N–H and O–H groups in total. The van der Waals surface area contributed by atoms with Gasteiger partial charge in [0.1, 0.15) is 5.75 Å². The van der Waals surface area contributed by atoms with Crippen molar-refractivity contribution in [3.63, 3.8) is 0 Å². The number of hydrogen-bond acceptors (Lipinski definition) is 7. The number of amides is 2. The molecule has 9 nitrogen and oxygen atoms in total. The fourth-order valence-corrected chi connectivity index (χ4v) is 3.26. The predicted octanol–water partition coefficient (Wildman–Crippen LogP) is 3.46. The van der Waals surface area contributed by atoms with E-state index in [4.69, 9.17) is 31.2 Å². The zero-order chi connectivity index (χ0) is 24.5. The highest BCUT2D eigenvalue weighted by molar-refractivity contribution is 9.10. The molecule has 0 saturated heterocycles. The van der Waals surface area contributed by atoms with Crippen molar-refractivity contribution in [2.45, 2.75) is 13.8 Å². The number of thiocarbonyl (C=S) groups is 1. The van der Waals surface area contributed by atoms with Gasteiger partial charge < -0.3 is 18.9 Å². The summed E-state index contributed by atoms with van der Waals surface area (Å²) in [5, 5.41) is 2.41. The van der Waals surface area contributed by atoms with Crippen LogP contribution < -0.4 is 35.1 Å². The molecule has 0 spiro atoms. The van der Waals surface area contributed by atoms with Gasteiger partial charge in [-0.1, -0.05) is 13.8 Å². The number of hydrazine groups is 1. The Balaban J connectivity index is 1.98. The average molecular weight is 540 g/mol.